The SMILES string of the molecule is CCOC(=O)c1cc(C)sc1NC(=O)C1CCN(C(=O)CCc2ccccc2)CC1. The van der Waals surface area contributed by atoms with Crippen molar-refractivity contribution in [3.63, 3.8) is 0 Å². The van der Waals surface area contributed by atoms with Crippen LogP contribution in [0, 0.1) is 12.8 Å². The van der Waals surface area contributed by atoms with Crippen LogP contribution >= 0.6 is 11.3 Å². The normalized spacial score (nSPS) is 14.4. The number of anilines is 1. The van der Waals surface area contributed by atoms with E-state index in [2.05, 4.69) is 5.32 Å². The summed E-state index contributed by atoms with van der Waals surface area (Å²) in [5, 5.41) is 3.45. The number of piperidine rings is 1. The molecule has 3 rings (SSSR count). The van der Waals surface area contributed by atoms with Crippen molar-refractivity contribution >= 4 is 34.1 Å². The van der Waals surface area contributed by atoms with Gasteiger partial charge in [0.2, 0.25) is 11.8 Å². The van der Waals surface area contributed by atoms with E-state index in [0.29, 0.717) is 42.9 Å². The number of amides is 2. The van der Waals surface area contributed by atoms with E-state index in [0.717, 1.165) is 16.9 Å². The summed E-state index contributed by atoms with van der Waals surface area (Å²) in [7, 11) is 0. The minimum atomic E-state index is -0.420. The molecule has 0 radical (unpaired) electrons. The number of esters is 1. The van der Waals surface area contributed by atoms with Crippen molar-refractivity contribution in [3.05, 3.63) is 52.4 Å². The lowest BCUT2D eigenvalue weighted by atomic mass is 9.95. The predicted octanol–water partition coefficient (Wildman–Crippen LogP) is 4.04. The first-order chi connectivity index (χ1) is 14.5. The number of ether oxygens (including phenoxy) is 1. The van der Waals surface area contributed by atoms with Crippen LogP contribution in [0.3, 0.4) is 0 Å². The van der Waals surface area contributed by atoms with Crippen LogP contribution < -0.4 is 5.32 Å². The fourth-order valence-corrected chi connectivity index (χ4v) is 4.53. The first-order valence-electron chi connectivity index (χ1n) is 10.4. The molecule has 1 fully saturated rings. The molecule has 0 saturated carbocycles. The van der Waals surface area contributed by atoms with Crippen LogP contribution in [0.5, 0.6) is 0 Å². The van der Waals surface area contributed by atoms with Crippen LogP contribution in [0.25, 0.3) is 0 Å². The number of likely N-dealkylation sites (tertiary alicyclic amines) is 1. The Hall–Kier alpha value is -2.67. The summed E-state index contributed by atoms with van der Waals surface area (Å²) in [4.78, 5) is 40.1. The maximum Gasteiger partial charge on any atom is 0.341 e. The molecule has 1 aliphatic rings. The second kappa shape index (κ2) is 10.4. The van der Waals surface area contributed by atoms with Gasteiger partial charge in [-0.05, 0) is 44.7 Å². The highest BCUT2D eigenvalue weighted by Crippen LogP contribution is 2.30. The highest BCUT2D eigenvalue weighted by atomic mass is 32.1. The molecule has 1 N–H and O–H groups in total. The van der Waals surface area contributed by atoms with E-state index in [1.807, 2.05) is 42.2 Å². The van der Waals surface area contributed by atoms with Crippen LogP contribution in [0.4, 0.5) is 5.00 Å². The number of hydrogen-bond acceptors (Lipinski definition) is 5. The number of rotatable bonds is 7. The average Bonchev–Trinajstić information content (AvgIpc) is 3.13. The summed E-state index contributed by atoms with van der Waals surface area (Å²) in [6.07, 6.45) is 2.47. The molecule has 0 bridgehead atoms. The van der Waals surface area contributed by atoms with Gasteiger partial charge in [0.25, 0.3) is 0 Å². The van der Waals surface area contributed by atoms with Crippen molar-refractivity contribution < 1.29 is 19.1 Å². The molecule has 0 aliphatic carbocycles. The van der Waals surface area contributed by atoms with E-state index in [-0.39, 0.29) is 24.3 Å². The molecule has 1 aromatic heterocycles. The largest absolute Gasteiger partial charge is 0.462 e. The minimum Gasteiger partial charge on any atom is -0.462 e. The van der Waals surface area contributed by atoms with Gasteiger partial charge in [0.05, 0.1) is 12.2 Å². The summed E-state index contributed by atoms with van der Waals surface area (Å²) < 4.78 is 5.08. The van der Waals surface area contributed by atoms with Crippen LogP contribution in [-0.4, -0.2) is 42.4 Å². The fourth-order valence-electron chi connectivity index (χ4n) is 3.63. The number of carbonyl (C=O) groups is 3. The summed E-state index contributed by atoms with van der Waals surface area (Å²) in [6, 6.07) is 11.7. The maximum absolute atomic E-state index is 12.7. The van der Waals surface area contributed by atoms with Crippen molar-refractivity contribution in [2.24, 2.45) is 5.92 Å². The lowest BCUT2D eigenvalue weighted by Crippen LogP contribution is -2.41. The minimum absolute atomic E-state index is 0.0983. The van der Waals surface area contributed by atoms with Crippen LogP contribution in [0.15, 0.2) is 36.4 Å². The number of benzene rings is 1. The van der Waals surface area contributed by atoms with Crippen molar-refractivity contribution in [1.82, 2.24) is 4.90 Å². The molecule has 1 aromatic carbocycles. The van der Waals surface area contributed by atoms with Gasteiger partial charge in [-0.15, -0.1) is 11.3 Å². The molecule has 1 saturated heterocycles. The Balaban J connectivity index is 1.50. The Morgan fingerprint density at radius 1 is 1.17 bits per heavy atom. The number of nitrogens with one attached hydrogen (secondary N) is 1. The molecule has 1 aliphatic heterocycles. The number of carbonyl (C=O) groups excluding carboxylic acids is 3. The smallest absolute Gasteiger partial charge is 0.341 e. The summed E-state index contributed by atoms with van der Waals surface area (Å²) in [5.41, 5.74) is 1.56. The molecule has 2 heterocycles. The number of aryl methyl sites for hydroxylation is 2. The first-order valence-corrected chi connectivity index (χ1v) is 11.2. The zero-order chi connectivity index (χ0) is 21.5. The van der Waals surface area contributed by atoms with Gasteiger partial charge in [-0.3, -0.25) is 9.59 Å². The molecule has 2 aromatic rings. The van der Waals surface area contributed by atoms with E-state index in [9.17, 15) is 14.4 Å². The van der Waals surface area contributed by atoms with Crippen LogP contribution in [-0.2, 0) is 20.7 Å². The van der Waals surface area contributed by atoms with Gasteiger partial charge in [-0.25, -0.2) is 4.79 Å². The molecule has 0 atom stereocenters. The highest BCUT2D eigenvalue weighted by Gasteiger charge is 2.28. The first kappa shape index (κ1) is 22.0. The number of thiophene rings is 1. The van der Waals surface area contributed by atoms with E-state index in [1.165, 1.54) is 11.3 Å². The second-order valence-electron chi connectivity index (χ2n) is 7.45. The van der Waals surface area contributed by atoms with Crippen molar-refractivity contribution in [1.29, 1.82) is 0 Å². The zero-order valence-corrected chi connectivity index (χ0v) is 18.3. The van der Waals surface area contributed by atoms with Gasteiger partial charge in [0.1, 0.15) is 5.00 Å². The Morgan fingerprint density at radius 2 is 1.87 bits per heavy atom. The van der Waals surface area contributed by atoms with Crippen LogP contribution in [0.2, 0.25) is 0 Å². The quantitative estimate of drug-likeness (QED) is 0.675. The molecule has 0 spiro atoms. The van der Waals surface area contributed by atoms with E-state index >= 15 is 0 Å². The summed E-state index contributed by atoms with van der Waals surface area (Å²) in [5.74, 6) is -0.549. The third-order valence-electron chi connectivity index (χ3n) is 5.28. The van der Waals surface area contributed by atoms with Crippen molar-refractivity contribution in [2.45, 2.75) is 39.5 Å². The van der Waals surface area contributed by atoms with E-state index < -0.39 is 5.97 Å². The maximum atomic E-state index is 12.7. The lowest BCUT2D eigenvalue weighted by molar-refractivity contribution is -0.134. The van der Waals surface area contributed by atoms with Gasteiger partial charge in [-0.2, -0.15) is 0 Å². The summed E-state index contributed by atoms with van der Waals surface area (Å²) in [6.45, 7) is 5.10. The highest BCUT2D eigenvalue weighted by molar-refractivity contribution is 7.16. The Kier molecular flexibility index (Phi) is 7.63. The molecule has 160 valence electrons. The number of nitrogens with zero attached hydrogens (tertiary/aromatic N) is 1. The number of hydrogen-bond donors (Lipinski definition) is 1. The zero-order valence-electron chi connectivity index (χ0n) is 17.5. The third-order valence-corrected chi connectivity index (χ3v) is 6.24. The molecular formula is C23H28N2O4S. The molecule has 0 unspecified atom stereocenters. The monoisotopic (exact) mass is 428 g/mol. The Bertz CT molecular complexity index is 886. The summed E-state index contributed by atoms with van der Waals surface area (Å²) >= 11 is 1.37. The molecular weight excluding hydrogens is 400 g/mol. The van der Waals surface area contributed by atoms with Gasteiger partial charge in [-0.1, -0.05) is 30.3 Å². The molecule has 7 heteroatoms. The second-order valence-corrected chi connectivity index (χ2v) is 8.71. The van der Waals surface area contributed by atoms with Crippen LogP contribution in [0.1, 0.15) is 47.0 Å². The van der Waals surface area contributed by atoms with Gasteiger partial charge in [0, 0.05) is 30.3 Å². The van der Waals surface area contributed by atoms with Gasteiger partial charge >= 0.3 is 5.97 Å². The topological polar surface area (TPSA) is 75.7 Å². The average molecular weight is 429 g/mol. The standard InChI is InChI=1S/C23H28N2O4S/c1-3-29-23(28)19-15-16(2)30-22(19)24-21(27)18-11-13-25(14-12-18)20(26)10-9-17-7-5-4-6-8-17/h4-8,15,18H,3,9-14H2,1-2H3,(H,24,27). The third kappa shape index (κ3) is 5.69. The molecule has 2 amide bonds. The van der Waals surface area contributed by atoms with E-state index in [1.54, 1.807) is 13.0 Å². The van der Waals surface area contributed by atoms with Gasteiger partial charge < -0.3 is 15.0 Å². The fraction of sp³-hybridized carbons (Fsp3) is 0.435. The van der Waals surface area contributed by atoms with Crippen molar-refractivity contribution in [3.8, 4) is 0 Å². The Labute approximate surface area is 181 Å². The Morgan fingerprint density at radius 3 is 2.53 bits per heavy atom. The lowest BCUT2D eigenvalue weighted by Gasteiger charge is -2.31. The molecule has 6 nitrogen and oxygen atoms in total. The van der Waals surface area contributed by atoms with Crippen molar-refractivity contribution in [2.75, 3.05) is 25.0 Å². The van der Waals surface area contributed by atoms with Gasteiger partial charge in [0.15, 0.2) is 0 Å². The molecule has 30 heavy (non-hydrogen) atoms. The van der Waals surface area contributed by atoms with E-state index in [4.69, 9.17) is 4.74 Å². The predicted molar refractivity (Wildman–Crippen MR) is 118 cm³/mol.